The molecular formula is C18H22BrN7O2. The molecule has 28 heavy (non-hydrogen) atoms. The fraction of sp³-hybridized carbons (Fsp3) is 0.444. The molecule has 1 aromatic carbocycles. The van der Waals surface area contributed by atoms with Crippen LogP contribution in [0.3, 0.4) is 0 Å². The third kappa shape index (κ3) is 4.94. The first-order valence-electron chi connectivity index (χ1n) is 9.24. The first-order chi connectivity index (χ1) is 13.8. The van der Waals surface area contributed by atoms with Crippen LogP contribution in [0.5, 0.6) is 0 Å². The first-order valence-corrected chi connectivity index (χ1v) is 10.0. The van der Waals surface area contributed by atoms with Crippen LogP contribution in [0.25, 0.3) is 0 Å². The second-order valence-corrected chi connectivity index (χ2v) is 7.30. The van der Waals surface area contributed by atoms with E-state index in [9.17, 15) is 0 Å². The molecule has 148 valence electrons. The molecule has 0 amide bonds. The SMILES string of the molecule is Brc1cccc(/C=N\Nc2nc(N3CCOCC3)nc(N3CCOCC3)n2)c1. The molecule has 9 nitrogen and oxygen atoms in total. The van der Waals surface area contributed by atoms with Gasteiger partial charge < -0.3 is 19.3 Å². The van der Waals surface area contributed by atoms with Crippen LogP contribution in [0, 0.1) is 0 Å². The van der Waals surface area contributed by atoms with Crippen molar-refractivity contribution in [3.8, 4) is 0 Å². The van der Waals surface area contributed by atoms with Crippen molar-refractivity contribution in [1.29, 1.82) is 0 Å². The van der Waals surface area contributed by atoms with Crippen LogP contribution >= 0.6 is 15.9 Å². The summed E-state index contributed by atoms with van der Waals surface area (Å²) in [4.78, 5) is 18.0. The van der Waals surface area contributed by atoms with Gasteiger partial charge in [-0.1, -0.05) is 28.1 Å². The number of benzene rings is 1. The lowest BCUT2D eigenvalue weighted by atomic mass is 10.2. The molecule has 0 saturated carbocycles. The fourth-order valence-electron chi connectivity index (χ4n) is 2.96. The van der Waals surface area contributed by atoms with E-state index in [1.54, 1.807) is 6.21 Å². The number of nitrogens with one attached hydrogen (secondary N) is 1. The van der Waals surface area contributed by atoms with E-state index in [-0.39, 0.29) is 0 Å². The van der Waals surface area contributed by atoms with Gasteiger partial charge in [-0.05, 0) is 17.7 Å². The van der Waals surface area contributed by atoms with Gasteiger partial charge in [0.1, 0.15) is 0 Å². The highest BCUT2D eigenvalue weighted by Gasteiger charge is 2.20. The number of nitrogens with zero attached hydrogens (tertiary/aromatic N) is 6. The van der Waals surface area contributed by atoms with Gasteiger partial charge in [0.25, 0.3) is 0 Å². The molecule has 0 spiro atoms. The number of morpholine rings is 2. The van der Waals surface area contributed by atoms with Crippen molar-refractivity contribution < 1.29 is 9.47 Å². The smallest absolute Gasteiger partial charge is 0.250 e. The number of hydrogen-bond acceptors (Lipinski definition) is 9. The van der Waals surface area contributed by atoms with Gasteiger partial charge in [-0.25, -0.2) is 5.43 Å². The number of hydrazone groups is 1. The lowest BCUT2D eigenvalue weighted by molar-refractivity contribution is 0.121. The molecule has 2 fully saturated rings. The van der Waals surface area contributed by atoms with E-state index >= 15 is 0 Å². The van der Waals surface area contributed by atoms with Crippen LogP contribution in [0.4, 0.5) is 17.8 Å². The fourth-order valence-corrected chi connectivity index (χ4v) is 3.38. The van der Waals surface area contributed by atoms with Crippen LogP contribution in [0.1, 0.15) is 5.56 Å². The third-order valence-corrected chi connectivity index (χ3v) is 4.92. The molecule has 0 unspecified atom stereocenters. The molecule has 0 aliphatic carbocycles. The molecule has 2 saturated heterocycles. The minimum absolute atomic E-state index is 0.421. The van der Waals surface area contributed by atoms with Gasteiger partial charge in [0.2, 0.25) is 17.8 Å². The predicted octanol–water partition coefficient (Wildman–Crippen LogP) is 1.75. The summed E-state index contributed by atoms with van der Waals surface area (Å²) in [5, 5.41) is 4.29. The molecular weight excluding hydrogens is 426 g/mol. The highest BCUT2D eigenvalue weighted by molar-refractivity contribution is 9.10. The molecule has 0 radical (unpaired) electrons. The van der Waals surface area contributed by atoms with Gasteiger partial charge in [-0.2, -0.15) is 20.1 Å². The van der Waals surface area contributed by atoms with E-state index in [2.05, 4.69) is 51.2 Å². The normalized spacial score (nSPS) is 17.9. The Morgan fingerprint density at radius 2 is 1.54 bits per heavy atom. The molecule has 2 aliphatic heterocycles. The van der Waals surface area contributed by atoms with Crippen molar-refractivity contribution in [3.05, 3.63) is 34.3 Å². The highest BCUT2D eigenvalue weighted by Crippen LogP contribution is 2.19. The lowest BCUT2D eigenvalue weighted by Gasteiger charge is -2.30. The van der Waals surface area contributed by atoms with E-state index in [0.29, 0.717) is 44.3 Å². The minimum atomic E-state index is 0.421. The molecule has 2 aliphatic rings. The number of rotatable bonds is 5. The standard InChI is InChI=1S/C18H22BrN7O2/c19-15-3-1-2-14(12-15)13-20-24-16-21-17(25-4-8-27-9-5-25)23-18(22-16)26-6-10-28-11-7-26/h1-3,12-13H,4-11H2,(H,21,22,23,24)/b20-13-. The van der Waals surface area contributed by atoms with Crippen LogP contribution < -0.4 is 15.2 Å². The Balaban J connectivity index is 1.55. The molecule has 0 atom stereocenters. The van der Waals surface area contributed by atoms with Crippen molar-refractivity contribution in [2.45, 2.75) is 0 Å². The van der Waals surface area contributed by atoms with Crippen LogP contribution in [0.15, 0.2) is 33.8 Å². The van der Waals surface area contributed by atoms with E-state index in [4.69, 9.17) is 9.47 Å². The van der Waals surface area contributed by atoms with Crippen molar-refractivity contribution in [2.24, 2.45) is 5.10 Å². The zero-order valence-electron chi connectivity index (χ0n) is 15.4. The lowest BCUT2D eigenvalue weighted by Crippen LogP contribution is -2.40. The van der Waals surface area contributed by atoms with Crippen molar-refractivity contribution >= 4 is 40.0 Å². The molecule has 10 heteroatoms. The minimum Gasteiger partial charge on any atom is -0.378 e. The number of hydrogen-bond donors (Lipinski definition) is 1. The summed E-state index contributed by atoms with van der Waals surface area (Å²) >= 11 is 3.46. The van der Waals surface area contributed by atoms with Crippen molar-refractivity contribution in [3.63, 3.8) is 0 Å². The van der Waals surface area contributed by atoms with E-state index in [1.165, 1.54) is 0 Å². The molecule has 4 rings (SSSR count). The Hall–Kier alpha value is -2.30. The van der Waals surface area contributed by atoms with Gasteiger partial charge in [-0.3, -0.25) is 0 Å². The molecule has 3 heterocycles. The zero-order chi connectivity index (χ0) is 19.2. The predicted molar refractivity (Wildman–Crippen MR) is 111 cm³/mol. The summed E-state index contributed by atoms with van der Waals surface area (Å²) in [6.45, 7) is 5.71. The van der Waals surface area contributed by atoms with E-state index < -0.39 is 0 Å². The van der Waals surface area contributed by atoms with Crippen LogP contribution in [-0.4, -0.2) is 73.8 Å². The largest absolute Gasteiger partial charge is 0.378 e. The van der Waals surface area contributed by atoms with Gasteiger partial charge in [0.15, 0.2) is 0 Å². The molecule has 0 bridgehead atoms. The second-order valence-electron chi connectivity index (χ2n) is 6.38. The first kappa shape index (κ1) is 19.0. The Kier molecular flexibility index (Phi) is 6.30. The highest BCUT2D eigenvalue weighted by atomic mass is 79.9. The summed E-state index contributed by atoms with van der Waals surface area (Å²) < 4.78 is 11.9. The van der Waals surface area contributed by atoms with E-state index in [0.717, 1.165) is 36.2 Å². The van der Waals surface area contributed by atoms with Crippen LogP contribution in [-0.2, 0) is 9.47 Å². The Morgan fingerprint density at radius 3 is 2.11 bits per heavy atom. The van der Waals surface area contributed by atoms with Crippen molar-refractivity contribution in [2.75, 3.05) is 67.8 Å². The van der Waals surface area contributed by atoms with Gasteiger partial charge in [-0.15, -0.1) is 0 Å². The molecule has 1 aromatic heterocycles. The summed E-state index contributed by atoms with van der Waals surface area (Å²) in [6, 6.07) is 7.89. The van der Waals surface area contributed by atoms with E-state index in [1.807, 2.05) is 24.3 Å². The Labute approximate surface area is 171 Å². The Bertz CT molecular complexity index is 787. The number of ether oxygens (including phenoxy) is 2. The summed E-state index contributed by atoms with van der Waals surface area (Å²) in [7, 11) is 0. The number of halogens is 1. The second kappa shape index (κ2) is 9.26. The summed E-state index contributed by atoms with van der Waals surface area (Å²) in [5.74, 6) is 1.70. The van der Waals surface area contributed by atoms with Gasteiger partial charge in [0, 0.05) is 30.7 Å². The average molecular weight is 448 g/mol. The van der Waals surface area contributed by atoms with Crippen LogP contribution in [0.2, 0.25) is 0 Å². The zero-order valence-corrected chi connectivity index (χ0v) is 17.0. The average Bonchev–Trinajstić information content (AvgIpc) is 2.75. The Morgan fingerprint density at radius 1 is 0.929 bits per heavy atom. The van der Waals surface area contributed by atoms with Crippen molar-refractivity contribution in [1.82, 2.24) is 15.0 Å². The topological polar surface area (TPSA) is 88.0 Å². The quantitative estimate of drug-likeness (QED) is 0.547. The third-order valence-electron chi connectivity index (χ3n) is 4.43. The van der Waals surface area contributed by atoms with Gasteiger partial charge >= 0.3 is 0 Å². The number of anilines is 3. The monoisotopic (exact) mass is 447 g/mol. The maximum absolute atomic E-state index is 5.44. The molecule has 1 N–H and O–H groups in total. The van der Waals surface area contributed by atoms with Gasteiger partial charge in [0.05, 0.1) is 32.6 Å². The maximum atomic E-state index is 5.44. The number of aromatic nitrogens is 3. The summed E-state index contributed by atoms with van der Waals surface area (Å²) in [6.07, 6.45) is 1.73. The summed E-state index contributed by atoms with van der Waals surface area (Å²) in [5.41, 5.74) is 3.92. The molecule has 2 aromatic rings. The maximum Gasteiger partial charge on any atom is 0.250 e.